The van der Waals surface area contributed by atoms with Crippen molar-refractivity contribution in [1.82, 2.24) is 5.32 Å². The van der Waals surface area contributed by atoms with E-state index in [1.54, 1.807) is 7.11 Å². The summed E-state index contributed by atoms with van der Waals surface area (Å²) >= 11 is 10.5. The molecule has 0 fully saturated rings. The second-order valence-electron chi connectivity index (χ2n) is 4.00. The van der Waals surface area contributed by atoms with Crippen LogP contribution in [0.2, 0.25) is 0 Å². The Balaban J connectivity index is 1.95. The van der Waals surface area contributed by atoms with Gasteiger partial charge in [-0.1, -0.05) is 30.4 Å². The summed E-state index contributed by atoms with van der Waals surface area (Å²) in [4.78, 5) is 0.570. The molecule has 2 aromatic rings. The first-order valence-electron chi connectivity index (χ1n) is 6.00. The smallest absolute Gasteiger partial charge is 0.175 e. The molecular weight excluding hydrogens is 288 g/mol. The molecule has 2 aromatic carbocycles. The molecule has 0 unspecified atom stereocenters. The van der Waals surface area contributed by atoms with Crippen LogP contribution in [0, 0.1) is 0 Å². The Hall–Kier alpha value is -1.98. The molecule has 0 saturated carbocycles. The maximum Gasteiger partial charge on any atom is 0.175 e. The van der Waals surface area contributed by atoms with Gasteiger partial charge in [-0.15, -0.1) is 0 Å². The predicted octanol–water partition coefficient (Wildman–Crippen LogP) is 3.36. The van der Waals surface area contributed by atoms with Crippen LogP contribution in [-0.4, -0.2) is 17.2 Å². The highest BCUT2D eigenvalue weighted by molar-refractivity contribution is 7.82. The fraction of sp³-hybridized carbons (Fsp3) is 0.0667. The van der Waals surface area contributed by atoms with E-state index < -0.39 is 0 Å². The van der Waals surface area contributed by atoms with Crippen LogP contribution in [0.3, 0.4) is 0 Å². The van der Waals surface area contributed by atoms with E-state index in [9.17, 15) is 0 Å². The van der Waals surface area contributed by atoms with Crippen LogP contribution in [0.4, 0.5) is 5.69 Å². The number of hydrogen-bond donors (Lipinski definition) is 2. The molecule has 0 spiro atoms. The fourth-order valence-electron chi connectivity index (χ4n) is 1.60. The average molecular weight is 302 g/mol. The summed E-state index contributed by atoms with van der Waals surface area (Å²) < 4.78 is 5.11. The van der Waals surface area contributed by atoms with Crippen molar-refractivity contribution in [1.29, 1.82) is 0 Å². The third-order valence-corrected chi connectivity index (χ3v) is 3.15. The van der Waals surface area contributed by atoms with E-state index in [4.69, 9.17) is 29.2 Å². The Kier molecular flexibility index (Phi) is 5.03. The van der Waals surface area contributed by atoms with Gasteiger partial charge in [0.25, 0.3) is 0 Å². The molecule has 0 radical (unpaired) electrons. The van der Waals surface area contributed by atoms with Crippen LogP contribution in [-0.2, 0) is 0 Å². The van der Waals surface area contributed by atoms with Gasteiger partial charge >= 0.3 is 0 Å². The van der Waals surface area contributed by atoms with E-state index >= 15 is 0 Å². The number of anilines is 1. The Morgan fingerprint density at radius 2 is 1.60 bits per heavy atom. The Labute approximate surface area is 129 Å². The molecule has 0 aliphatic rings. The van der Waals surface area contributed by atoms with Crippen molar-refractivity contribution in [3.05, 3.63) is 60.2 Å². The van der Waals surface area contributed by atoms with Crippen LogP contribution >= 0.6 is 24.4 Å². The van der Waals surface area contributed by atoms with E-state index in [0.29, 0.717) is 10.1 Å². The minimum Gasteiger partial charge on any atom is -0.497 e. The molecule has 0 aromatic heterocycles. The number of thiocarbonyl (C=S) groups is 2. The lowest BCUT2D eigenvalue weighted by atomic mass is 10.2. The number of para-hydroxylation sites is 1. The number of ether oxygens (including phenoxy) is 1. The normalized spacial score (nSPS) is 9.65. The van der Waals surface area contributed by atoms with E-state index in [1.165, 1.54) is 0 Å². The van der Waals surface area contributed by atoms with Gasteiger partial charge in [0.2, 0.25) is 0 Å². The standard InChI is InChI=1S/C15H14N2OS2/c1-18-13-9-7-11(8-10-13)14(19)17-15(20)16-12-5-3-2-4-6-12/h2-10H,1H3,(H2,16,17,19,20). The third kappa shape index (κ3) is 4.01. The maximum atomic E-state index is 5.31. The van der Waals surface area contributed by atoms with Gasteiger partial charge in [0.05, 0.1) is 7.11 Å². The van der Waals surface area contributed by atoms with E-state index in [2.05, 4.69) is 10.6 Å². The molecular formula is C15H14N2OS2. The Morgan fingerprint density at radius 3 is 2.20 bits per heavy atom. The Morgan fingerprint density at radius 1 is 0.950 bits per heavy atom. The molecule has 0 atom stereocenters. The first-order chi connectivity index (χ1) is 9.69. The molecule has 102 valence electrons. The highest BCUT2D eigenvalue weighted by atomic mass is 32.1. The quantitative estimate of drug-likeness (QED) is 0.850. The van der Waals surface area contributed by atoms with Gasteiger partial charge in [0.1, 0.15) is 10.7 Å². The predicted molar refractivity (Wildman–Crippen MR) is 90.5 cm³/mol. The topological polar surface area (TPSA) is 33.3 Å². The van der Waals surface area contributed by atoms with Gasteiger partial charge in [-0.2, -0.15) is 0 Å². The van der Waals surface area contributed by atoms with Crippen molar-refractivity contribution in [2.24, 2.45) is 0 Å². The number of methoxy groups -OCH3 is 1. The van der Waals surface area contributed by atoms with Crippen molar-refractivity contribution in [3.8, 4) is 5.75 Å². The van der Waals surface area contributed by atoms with Crippen molar-refractivity contribution < 1.29 is 4.74 Å². The zero-order valence-electron chi connectivity index (χ0n) is 10.9. The van der Waals surface area contributed by atoms with Crippen LogP contribution < -0.4 is 15.4 Å². The van der Waals surface area contributed by atoms with Gasteiger partial charge < -0.3 is 15.4 Å². The van der Waals surface area contributed by atoms with Crippen LogP contribution in [0.5, 0.6) is 5.75 Å². The molecule has 5 heteroatoms. The van der Waals surface area contributed by atoms with Crippen LogP contribution in [0.25, 0.3) is 0 Å². The fourth-order valence-corrected chi connectivity index (χ4v) is 2.12. The molecule has 0 amide bonds. The molecule has 0 aliphatic carbocycles. The molecule has 0 heterocycles. The third-order valence-electron chi connectivity index (χ3n) is 2.61. The summed E-state index contributed by atoms with van der Waals surface area (Å²) in [6.07, 6.45) is 0. The van der Waals surface area contributed by atoms with E-state index in [1.807, 2.05) is 54.6 Å². The van der Waals surface area contributed by atoms with Gasteiger partial charge in [-0.3, -0.25) is 0 Å². The first-order valence-corrected chi connectivity index (χ1v) is 6.82. The highest BCUT2D eigenvalue weighted by Crippen LogP contribution is 2.11. The summed E-state index contributed by atoms with van der Waals surface area (Å²) in [6.45, 7) is 0. The monoisotopic (exact) mass is 302 g/mol. The SMILES string of the molecule is COc1ccc(C(=S)NC(=S)Nc2ccccc2)cc1. The summed E-state index contributed by atoms with van der Waals surface area (Å²) in [5.74, 6) is 0.793. The second-order valence-corrected chi connectivity index (χ2v) is 4.82. The van der Waals surface area contributed by atoms with Crippen LogP contribution in [0.15, 0.2) is 54.6 Å². The van der Waals surface area contributed by atoms with Gasteiger partial charge in [0.15, 0.2) is 5.11 Å². The summed E-state index contributed by atoms with van der Waals surface area (Å²) in [5, 5.41) is 6.54. The van der Waals surface area contributed by atoms with E-state index in [-0.39, 0.29) is 0 Å². The zero-order valence-corrected chi connectivity index (χ0v) is 12.6. The maximum absolute atomic E-state index is 5.31. The number of rotatable bonds is 3. The summed E-state index contributed by atoms with van der Waals surface area (Å²) in [5.41, 5.74) is 1.81. The zero-order chi connectivity index (χ0) is 14.4. The molecule has 2 N–H and O–H groups in total. The molecule has 20 heavy (non-hydrogen) atoms. The van der Waals surface area contributed by atoms with Crippen LogP contribution in [0.1, 0.15) is 5.56 Å². The minimum absolute atomic E-state index is 0.469. The molecule has 2 rings (SSSR count). The van der Waals surface area contributed by atoms with Crippen molar-refractivity contribution in [3.63, 3.8) is 0 Å². The first kappa shape index (κ1) is 14.4. The number of benzene rings is 2. The summed E-state index contributed by atoms with van der Waals surface area (Å²) in [7, 11) is 1.63. The van der Waals surface area contributed by atoms with Crippen molar-refractivity contribution in [2.75, 3.05) is 12.4 Å². The van der Waals surface area contributed by atoms with Gasteiger partial charge in [-0.05, 0) is 48.6 Å². The Bertz CT molecular complexity index is 597. The second kappa shape index (κ2) is 6.98. The lowest BCUT2D eigenvalue weighted by Gasteiger charge is -2.11. The van der Waals surface area contributed by atoms with E-state index in [0.717, 1.165) is 17.0 Å². The molecule has 0 saturated heterocycles. The highest BCUT2D eigenvalue weighted by Gasteiger charge is 2.04. The average Bonchev–Trinajstić information content (AvgIpc) is 2.48. The van der Waals surface area contributed by atoms with Crippen molar-refractivity contribution >= 4 is 40.2 Å². The summed E-state index contributed by atoms with van der Waals surface area (Å²) in [6, 6.07) is 17.2. The molecule has 3 nitrogen and oxygen atoms in total. The lowest BCUT2D eigenvalue weighted by Crippen LogP contribution is -2.33. The number of nitrogens with one attached hydrogen (secondary N) is 2. The van der Waals surface area contributed by atoms with Gasteiger partial charge in [-0.25, -0.2) is 0 Å². The number of hydrogen-bond acceptors (Lipinski definition) is 3. The van der Waals surface area contributed by atoms with Crippen molar-refractivity contribution in [2.45, 2.75) is 0 Å². The largest absolute Gasteiger partial charge is 0.497 e. The molecule has 0 aliphatic heterocycles. The lowest BCUT2D eigenvalue weighted by molar-refractivity contribution is 0.415. The van der Waals surface area contributed by atoms with Gasteiger partial charge in [0, 0.05) is 11.3 Å². The minimum atomic E-state index is 0.469. The molecule has 0 bridgehead atoms.